The highest BCUT2D eigenvalue weighted by Crippen LogP contribution is 2.21. The number of carboxylic acids is 1. The van der Waals surface area contributed by atoms with Gasteiger partial charge in [-0.05, 0) is 43.7 Å². The molecule has 2 heterocycles. The number of para-hydroxylation sites is 1. The fraction of sp³-hybridized carbons (Fsp3) is 0.500. The highest BCUT2D eigenvalue weighted by Gasteiger charge is 2.24. The number of hydrogen-bond donors (Lipinski definition) is 1. The minimum Gasteiger partial charge on any atom is -0.481 e. The van der Waals surface area contributed by atoms with Gasteiger partial charge in [-0.25, -0.2) is 4.98 Å². The lowest BCUT2D eigenvalue weighted by atomic mass is 9.93. The summed E-state index contributed by atoms with van der Waals surface area (Å²) < 4.78 is 1.49. The maximum Gasteiger partial charge on any atom is 0.303 e. The zero-order valence-corrected chi connectivity index (χ0v) is 15.6. The van der Waals surface area contributed by atoms with Gasteiger partial charge in [-0.2, -0.15) is 0 Å². The number of nitrogens with zero attached hydrogens (tertiary/aromatic N) is 3. The summed E-state index contributed by atoms with van der Waals surface area (Å²) in [6.07, 6.45) is 4.36. The van der Waals surface area contributed by atoms with E-state index in [0.717, 1.165) is 18.4 Å². The zero-order chi connectivity index (χ0) is 19.4. The second-order valence-electron chi connectivity index (χ2n) is 7.24. The van der Waals surface area contributed by atoms with E-state index < -0.39 is 5.97 Å². The SMILES string of the molecule is Cc1cccc2c(=O)n(CCC(=O)N3CCCC(CCC(=O)O)C3)cnc12. The Labute approximate surface area is 157 Å². The fourth-order valence-corrected chi connectivity index (χ4v) is 3.73. The van der Waals surface area contributed by atoms with Crippen molar-refractivity contribution in [2.75, 3.05) is 13.1 Å². The third-order valence-electron chi connectivity index (χ3n) is 5.26. The van der Waals surface area contributed by atoms with Crippen molar-refractivity contribution in [3.05, 3.63) is 40.4 Å². The minimum atomic E-state index is -0.795. The second-order valence-corrected chi connectivity index (χ2v) is 7.24. The molecular weight excluding hydrogens is 346 g/mol. The molecule has 1 N–H and O–H groups in total. The Morgan fingerprint density at radius 3 is 2.89 bits per heavy atom. The number of benzene rings is 1. The number of aryl methyl sites for hydroxylation is 2. The van der Waals surface area contributed by atoms with Crippen molar-refractivity contribution >= 4 is 22.8 Å². The van der Waals surface area contributed by atoms with Crippen LogP contribution in [0.2, 0.25) is 0 Å². The molecule has 1 aromatic carbocycles. The summed E-state index contributed by atoms with van der Waals surface area (Å²) in [6, 6.07) is 5.51. The molecule has 27 heavy (non-hydrogen) atoms. The van der Waals surface area contributed by atoms with Crippen molar-refractivity contribution in [3.63, 3.8) is 0 Å². The van der Waals surface area contributed by atoms with E-state index in [1.54, 1.807) is 11.0 Å². The average Bonchev–Trinajstić information content (AvgIpc) is 2.66. The van der Waals surface area contributed by atoms with Crippen LogP contribution in [0.25, 0.3) is 10.9 Å². The van der Waals surface area contributed by atoms with E-state index in [2.05, 4.69) is 4.98 Å². The van der Waals surface area contributed by atoms with Crippen LogP contribution in [0.4, 0.5) is 0 Å². The van der Waals surface area contributed by atoms with Gasteiger partial charge >= 0.3 is 5.97 Å². The maximum absolute atomic E-state index is 12.6. The molecule has 1 aromatic heterocycles. The normalized spacial score (nSPS) is 17.2. The van der Waals surface area contributed by atoms with Crippen molar-refractivity contribution in [3.8, 4) is 0 Å². The first-order valence-corrected chi connectivity index (χ1v) is 9.40. The van der Waals surface area contributed by atoms with Gasteiger partial charge in [0.15, 0.2) is 0 Å². The highest BCUT2D eigenvalue weighted by atomic mass is 16.4. The summed E-state index contributed by atoms with van der Waals surface area (Å²) >= 11 is 0. The monoisotopic (exact) mass is 371 g/mol. The molecule has 144 valence electrons. The summed E-state index contributed by atoms with van der Waals surface area (Å²) in [5, 5.41) is 9.40. The molecule has 7 heteroatoms. The molecule has 7 nitrogen and oxygen atoms in total. The molecule has 0 spiro atoms. The first-order chi connectivity index (χ1) is 13.0. The van der Waals surface area contributed by atoms with Gasteiger partial charge in [0.2, 0.25) is 5.91 Å². The first kappa shape index (κ1) is 19.1. The lowest BCUT2D eigenvalue weighted by Crippen LogP contribution is -2.40. The molecule has 1 saturated heterocycles. The zero-order valence-electron chi connectivity index (χ0n) is 15.6. The number of amides is 1. The van der Waals surface area contributed by atoms with E-state index in [0.29, 0.717) is 37.0 Å². The number of hydrogen-bond acceptors (Lipinski definition) is 4. The quantitative estimate of drug-likeness (QED) is 0.840. The number of carboxylic acid groups (broad SMARTS) is 1. The van der Waals surface area contributed by atoms with Crippen molar-refractivity contribution in [1.82, 2.24) is 14.5 Å². The van der Waals surface area contributed by atoms with Crippen LogP contribution in [0, 0.1) is 12.8 Å². The Balaban J connectivity index is 1.62. The van der Waals surface area contributed by atoms with E-state index >= 15 is 0 Å². The van der Waals surface area contributed by atoms with Crippen LogP contribution in [0.1, 0.15) is 37.7 Å². The molecule has 2 aromatic rings. The maximum atomic E-state index is 12.6. The van der Waals surface area contributed by atoms with Crippen LogP contribution in [0.15, 0.2) is 29.3 Å². The Morgan fingerprint density at radius 2 is 2.11 bits per heavy atom. The molecule has 1 amide bonds. The van der Waals surface area contributed by atoms with Crippen molar-refractivity contribution in [1.29, 1.82) is 0 Å². The van der Waals surface area contributed by atoms with Crippen molar-refractivity contribution in [2.45, 2.75) is 45.6 Å². The van der Waals surface area contributed by atoms with E-state index in [1.165, 1.54) is 10.9 Å². The standard InChI is InChI=1S/C20H25N3O4/c1-14-4-2-6-16-19(14)21-13-23(20(16)27)11-9-17(24)22-10-3-5-15(12-22)7-8-18(25)26/h2,4,6,13,15H,3,5,7-12H2,1H3,(H,25,26). The summed E-state index contributed by atoms with van der Waals surface area (Å²) in [4.78, 5) is 42.1. The predicted molar refractivity (Wildman–Crippen MR) is 102 cm³/mol. The van der Waals surface area contributed by atoms with Gasteiger partial charge in [-0.1, -0.05) is 12.1 Å². The van der Waals surface area contributed by atoms with Gasteiger partial charge in [0.05, 0.1) is 17.2 Å². The third kappa shape index (κ3) is 4.53. The number of likely N-dealkylation sites (tertiary alicyclic amines) is 1. The number of piperidine rings is 1. The number of aliphatic carboxylic acids is 1. The summed E-state index contributed by atoms with van der Waals surface area (Å²) in [5.41, 5.74) is 1.52. The highest BCUT2D eigenvalue weighted by molar-refractivity contribution is 5.80. The van der Waals surface area contributed by atoms with Gasteiger partial charge in [-0.15, -0.1) is 0 Å². The molecule has 0 bridgehead atoms. The van der Waals surface area contributed by atoms with Crippen molar-refractivity contribution in [2.24, 2.45) is 5.92 Å². The second kappa shape index (κ2) is 8.33. The minimum absolute atomic E-state index is 0.00580. The van der Waals surface area contributed by atoms with Gasteiger partial charge in [0, 0.05) is 32.5 Å². The van der Waals surface area contributed by atoms with Crippen LogP contribution in [-0.2, 0) is 16.1 Å². The largest absolute Gasteiger partial charge is 0.481 e. The van der Waals surface area contributed by atoms with Gasteiger partial charge < -0.3 is 10.0 Å². The topological polar surface area (TPSA) is 92.5 Å². The molecule has 1 aliphatic heterocycles. The predicted octanol–water partition coefficient (Wildman–Crippen LogP) is 2.20. The Bertz CT molecular complexity index is 906. The molecule has 1 aliphatic rings. The summed E-state index contributed by atoms with van der Waals surface area (Å²) in [5.74, 6) is -0.546. The number of fused-ring (bicyclic) bond motifs is 1. The molecule has 1 atom stereocenters. The molecule has 0 radical (unpaired) electrons. The smallest absolute Gasteiger partial charge is 0.303 e. The van der Waals surface area contributed by atoms with Crippen molar-refractivity contribution < 1.29 is 14.7 Å². The molecule has 0 aliphatic carbocycles. The van der Waals surface area contributed by atoms with E-state index in [1.807, 2.05) is 19.1 Å². The lowest BCUT2D eigenvalue weighted by molar-refractivity contribution is -0.137. The van der Waals surface area contributed by atoms with Gasteiger partial charge in [0.1, 0.15) is 0 Å². The molecule has 1 fully saturated rings. The summed E-state index contributed by atoms with van der Waals surface area (Å²) in [7, 11) is 0. The van der Waals surface area contributed by atoms with Crippen LogP contribution in [-0.4, -0.2) is 44.5 Å². The number of aromatic nitrogens is 2. The molecular formula is C20H25N3O4. The van der Waals surface area contributed by atoms with Crippen LogP contribution in [0.5, 0.6) is 0 Å². The lowest BCUT2D eigenvalue weighted by Gasteiger charge is -2.32. The number of rotatable bonds is 6. The Hall–Kier alpha value is -2.70. The Morgan fingerprint density at radius 1 is 1.30 bits per heavy atom. The van der Waals surface area contributed by atoms with Crippen LogP contribution >= 0.6 is 0 Å². The third-order valence-corrected chi connectivity index (χ3v) is 5.26. The average molecular weight is 371 g/mol. The van der Waals surface area contributed by atoms with Crippen LogP contribution < -0.4 is 5.56 Å². The first-order valence-electron chi connectivity index (χ1n) is 9.40. The van der Waals surface area contributed by atoms with E-state index in [4.69, 9.17) is 5.11 Å². The van der Waals surface area contributed by atoms with Crippen LogP contribution in [0.3, 0.4) is 0 Å². The molecule has 0 saturated carbocycles. The number of carbonyl (C=O) groups is 2. The molecule has 1 unspecified atom stereocenters. The van der Waals surface area contributed by atoms with E-state index in [9.17, 15) is 14.4 Å². The van der Waals surface area contributed by atoms with Gasteiger partial charge in [-0.3, -0.25) is 19.0 Å². The number of carbonyl (C=O) groups excluding carboxylic acids is 1. The fourth-order valence-electron chi connectivity index (χ4n) is 3.73. The van der Waals surface area contributed by atoms with E-state index in [-0.39, 0.29) is 30.2 Å². The summed E-state index contributed by atoms with van der Waals surface area (Å²) in [6.45, 7) is 3.52. The van der Waals surface area contributed by atoms with Gasteiger partial charge in [0.25, 0.3) is 5.56 Å². The molecule has 3 rings (SSSR count). The Kier molecular flexibility index (Phi) is 5.88.